The lowest BCUT2D eigenvalue weighted by molar-refractivity contribution is 0.102. The number of carbonyl (C=O) groups is 2. The SMILES string of the molecule is COC(=O)Nc1ccc(NC(=O)c2ccc(OCc3csc(C)n3)cc2)cc1. The van der Waals surface area contributed by atoms with E-state index in [1.165, 1.54) is 7.11 Å². The number of methoxy groups -OCH3 is 1. The summed E-state index contributed by atoms with van der Waals surface area (Å²) in [5.41, 5.74) is 2.57. The smallest absolute Gasteiger partial charge is 0.411 e. The number of benzene rings is 2. The summed E-state index contributed by atoms with van der Waals surface area (Å²) < 4.78 is 10.2. The predicted molar refractivity (Wildman–Crippen MR) is 108 cm³/mol. The minimum atomic E-state index is -0.552. The number of aryl methyl sites for hydroxylation is 1. The van der Waals surface area contributed by atoms with Crippen LogP contribution in [-0.2, 0) is 11.3 Å². The quantitative estimate of drug-likeness (QED) is 0.641. The molecule has 8 heteroatoms. The molecule has 0 saturated heterocycles. The molecule has 0 unspecified atom stereocenters. The summed E-state index contributed by atoms with van der Waals surface area (Å²) in [6.45, 7) is 2.34. The summed E-state index contributed by atoms with van der Waals surface area (Å²) in [5.74, 6) is 0.427. The molecule has 2 amide bonds. The normalized spacial score (nSPS) is 10.2. The van der Waals surface area contributed by atoms with Gasteiger partial charge in [-0.05, 0) is 55.5 Å². The molecule has 0 atom stereocenters. The second-order valence-corrected chi connectivity index (χ2v) is 6.88. The van der Waals surface area contributed by atoms with Crippen molar-refractivity contribution in [1.29, 1.82) is 0 Å². The van der Waals surface area contributed by atoms with E-state index in [-0.39, 0.29) is 5.91 Å². The van der Waals surface area contributed by atoms with Crippen molar-refractivity contribution in [2.45, 2.75) is 13.5 Å². The summed E-state index contributed by atoms with van der Waals surface area (Å²) in [6.07, 6.45) is -0.552. The number of hydrogen-bond donors (Lipinski definition) is 2. The van der Waals surface area contributed by atoms with Gasteiger partial charge in [0.25, 0.3) is 5.91 Å². The molecule has 2 N–H and O–H groups in total. The molecular formula is C20H19N3O4S. The monoisotopic (exact) mass is 397 g/mol. The van der Waals surface area contributed by atoms with E-state index in [0.29, 0.717) is 29.3 Å². The maximum absolute atomic E-state index is 12.4. The van der Waals surface area contributed by atoms with Crippen molar-refractivity contribution in [3.05, 3.63) is 70.2 Å². The van der Waals surface area contributed by atoms with Crippen LogP contribution in [0.25, 0.3) is 0 Å². The van der Waals surface area contributed by atoms with E-state index in [1.807, 2.05) is 12.3 Å². The molecule has 0 fully saturated rings. The maximum atomic E-state index is 12.4. The molecule has 7 nitrogen and oxygen atoms in total. The molecule has 0 spiro atoms. The van der Waals surface area contributed by atoms with Crippen LogP contribution in [0.15, 0.2) is 53.9 Å². The van der Waals surface area contributed by atoms with E-state index >= 15 is 0 Å². The van der Waals surface area contributed by atoms with Gasteiger partial charge in [-0.2, -0.15) is 0 Å². The number of nitrogens with one attached hydrogen (secondary N) is 2. The Morgan fingerprint density at radius 1 is 1.00 bits per heavy atom. The number of rotatable bonds is 6. The van der Waals surface area contributed by atoms with Gasteiger partial charge in [0.2, 0.25) is 0 Å². The lowest BCUT2D eigenvalue weighted by Gasteiger charge is -2.08. The van der Waals surface area contributed by atoms with Crippen LogP contribution in [0.2, 0.25) is 0 Å². The van der Waals surface area contributed by atoms with Crippen LogP contribution in [0.1, 0.15) is 21.1 Å². The predicted octanol–water partition coefficient (Wildman–Crippen LogP) is 4.46. The van der Waals surface area contributed by atoms with Crippen molar-refractivity contribution in [2.75, 3.05) is 17.7 Å². The molecule has 144 valence electrons. The molecule has 0 bridgehead atoms. The highest BCUT2D eigenvalue weighted by Crippen LogP contribution is 2.18. The summed E-state index contributed by atoms with van der Waals surface area (Å²) in [6, 6.07) is 13.6. The van der Waals surface area contributed by atoms with Crippen molar-refractivity contribution < 1.29 is 19.1 Å². The van der Waals surface area contributed by atoms with Crippen molar-refractivity contribution >= 4 is 34.7 Å². The first kappa shape index (κ1) is 19.4. The minimum absolute atomic E-state index is 0.240. The Morgan fingerprint density at radius 2 is 1.64 bits per heavy atom. The molecule has 1 aromatic heterocycles. The van der Waals surface area contributed by atoms with Gasteiger partial charge < -0.3 is 14.8 Å². The van der Waals surface area contributed by atoms with Crippen molar-refractivity contribution in [2.24, 2.45) is 0 Å². The van der Waals surface area contributed by atoms with Gasteiger partial charge >= 0.3 is 6.09 Å². The summed E-state index contributed by atoms with van der Waals surface area (Å²) in [4.78, 5) is 27.9. The third kappa shape index (κ3) is 5.31. The van der Waals surface area contributed by atoms with Crippen LogP contribution in [0.3, 0.4) is 0 Å². The average Bonchev–Trinajstić information content (AvgIpc) is 3.13. The van der Waals surface area contributed by atoms with Crippen molar-refractivity contribution in [1.82, 2.24) is 4.98 Å². The summed E-state index contributed by atoms with van der Waals surface area (Å²) in [7, 11) is 1.29. The number of nitrogens with zero attached hydrogens (tertiary/aromatic N) is 1. The molecule has 0 aliphatic carbocycles. The lowest BCUT2D eigenvalue weighted by atomic mass is 10.2. The number of aromatic nitrogens is 1. The first-order chi connectivity index (χ1) is 13.5. The van der Waals surface area contributed by atoms with E-state index in [4.69, 9.17) is 4.74 Å². The summed E-state index contributed by atoms with van der Waals surface area (Å²) in [5, 5.41) is 8.31. The van der Waals surface area contributed by atoms with Crippen molar-refractivity contribution in [3.8, 4) is 5.75 Å². The second kappa shape index (κ2) is 9.01. The number of thiazole rings is 1. The zero-order valence-corrected chi connectivity index (χ0v) is 16.2. The Kier molecular flexibility index (Phi) is 6.23. The molecule has 3 rings (SSSR count). The van der Waals surface area contributed by atoms with Crippen LogP contribution < -0.4 is 15.4 Å². The fourth-order valence-electron chi connectivity index (χ4n) is 2.34. The maximum Gasteiger partial charge on any atom is 0.411 e. The molecule has 0 aliphatic rings. The van der Waals surface area contributed by atoms with Gasteiger partial charge in [-0.1, -0.05) is 0 Å². The number of carbonyl (C=O) groups excluding carboxylic acids is 2. The zero-order valence-electron chi connectivity index (χ0n) is 15.4. The highest BCUT2D eigenvalue weighted by atomic mass is 32.1. The summed E-state index contributed by atoms with van der Waals surface area (Å²) >= 11 is 1.58. The van der Waals surface area contributed by atoms with Gasteiger partial charge in [-0.25, -0.2) is 9.78 Å². The van der Waals surface area contributed by atoms with Crippen molar-refractivity contribution in [3.63, 3.8) is 0 Å². The zero-order chi connectivity index (χ0) is 19.9. The van der Waals surface area contributed by atoms with Crippen LogP contribution >= 0.6 is 11.3 Å². The Hall–Kier alpha value is -3.39. The molecule has 0 saturated carbocycles. The molecule has 0 radical (unpaired) electrons. The van der Waals surface area contributed by atoms with Gasteiger partial charge in [-0.3, -0.25) is 10.1 Å². The van der Waals surface area contributed by atoms with Crippen LogP contribution in [0, 0.1) is 6.92 Å². The topological polar surface area (TPSA) is 89.6 Å². The highest BCUT2D eigenvalue weighted by Gasteiger charge is 2.08. The fraction of sp³-hybridized carbons (Fsp3) is 0.150. The largest absolute Gasteiger partial charge is 0.487 e. The fourth-order valence-corrected chi connectivity index (χ4v) is 2.94. The Labute approximate surface area is 166 Å². The molecule has 2 aromatic carbocycles. The van der Waals surface area contributed by atoms with Crippen LogP contribution in [0.4, 0.5) is 16.2 Å². The average molecular weight is 397 g/mol. The first-order valence-corrected chi connectivity index (χ1v) is 9.32. The Balaban J connectivity index is 1.54. The molecule has 28 heavy (non-hydrogen) atoms. The van der Waals surface area contributed by atoms with Gasteiger partial charge in [0.15, 0.2) is 0 Å². The number of hydrogen-bond acceptors (Lipinski definition) is 6. The highest BCUT2D eigenvalue weighted by molar-refractivity contribution is 7.09. The third-order valence-electron chi connectivity index (χ3n) is 3.74. The Morgan fingerprint density at radius 3 is 2.21 bits per heavy atom. The molecular weight excluding hydrogens is 378 g/mol. The van der Waals surface area contributed by atoms with E-state index in [9.17, 15) is 9.59 Å². The van der Waals surface area contributed by atoms with Gasteiger partial charge in [0.1, 0.15) is 12.4 Å². The molecule has 3 aromatic rings. The number of anilines is 2. The third-order valence-corrected chi connectivity index (χ3v) is 4.57. The minimum Gasteiger partial charge on any atom is -0.487 e. The van der Waals surface area contributed by atoms with Gasteiger partial charge in [-0.15, -0.1) is 11.3 Å². The first-order valence-electron chi connectivity index (χ1n) is 8.44. The second-order valence-electron chi connectivity index (χ2n) is 5.82. The molecule has 0 aliphatic heterocycles. The van der Waals surface area contributed by atoms with Gasteiger partial charge in [0.05, 0.1) is 17.8 Å². The van der Waals surface area contributed by atoms with E-state index < -0.39 is 6.09 Å². The lowest BCUT2D eigenvalue weighted by Crippen LogP contribution is -2.13. The standard InChI is InChI=1S/C20H19N3O4S/c1-13-21-17(12-28-13)11-27-18-9-3-14(4-10-18)19(24)22-15-5-7-16(8-6-15)23-20(25)26-2/h3-10,12H,11H2,1-2H3,(H,22,24)(H,23,25). The number of amides is 2. The Bertz CT molecular complexity index is 952. The van der Waals surface area contributed by atoms with E-state index in [0.717, 1.165) is 10.7 Å². The van der Waals surface area contributed by atoms with Crippen LogP contribution in [0.5, 0.6) is 5.75 Å². The van der Waals surface area contributed by atoms with E-state index in [2.05, 4.69) is 20.4 Å². The van der Waals surface area contributed by atoms with Gasteiger partial charge in [0, 0.05) is 22.3 Å². The number of ether oxygens (including phenoxy) is 2. The van der Waals surface area contributed by atoms with E-state index in [1.54, 1.807) is 59.9 Å². The van der Waals surface area contributed by atoms with Crippen LogP contribution in [-0.4, -0.2) is 24.1 Å². The molecule has 1 heterocycles.